The van der Waals surface area contributed by atoms with E-state index in [-0.39, 0.29) is 41.8 Å². The average Bonchev–Trinajstić information content (AvgIpc) is 3.35. The first-order chi connectivity index (χ1) is 17.6. The van der Waals surface area contributed by atoms with Crippen molar-refractivity contribution in [3.63, 3.8) is 0 Å². The molecule has 1 saturated heterocycles. The van der Waals surface area contributed by atoms with Crippen LogP contribution in [0.3, 0.4) is 0 Å². The van der Waals surface area contributed by atoms with Gasteiger partial charge in [0, 0.05) is 19.1 Å². The minimum Gasteiger partial charge on any atom is -0.357 e. The Bertz CT molecular complexity index is 844. The highest BCUT2D eigenvalue weighted by atomic mass is 31.2. The summed E-state index contributed by atoms with van der Waals surface area (Å²) in [7, 11) is -2.46. The quantitative estimate of drug-likeness (QED) is 0.156. The number of carbonyl (C=O) groups is 4. The molecule has 1 fully saturated rings. The molecule has 220 valence electrons. The Morgan fingerprint density at radius 3 is 1.89 bits per heavy atom. The molecule has 1 heterocycles. The van der Waals surface area contributed by atoms with Gasteiger partial charge in [0.25, 0.3) is 0 Å². The summed E-state index contributed by atoms with van der Waals surface area (Å²) in [6, 6.07) is -1.91. The van der Waals surface area contributed by atoms with Gasteiger partial charge in [0.05, 0.1) is 12.3 Å². The van der Waals surface area contributed by atoms with Crippen molar-refractivity contribution in [2.24, 2.45) is 23.7 Å². The molecule has 0 saturated carbocycles. The van der Waals surface area contributed by atoms with Gasteiger partial charge in [0.2, 0.25) is 31.0 Å². The molecule has 12 heteroatoms. The van der Waals surface area contributed by atoms with Gasteiger partial charge >= 0.3 is 0 Å². The summed E-state index contributed by atoms with van der Waals surface area (Å²) in [5.41, 5.74) is 0. The molecule has 1 rings (SSSR count). The number of carbonyl (C=O) groups excluding carboxylic acids is 4. The van der Waals surface area contributed by atoms with Gasteiger partial charge in [-0.1, -0.05) is 41.5 Å². The zero-order valence-corrected chi connectivity index (χ0v) is 25.0. The third-order valence-electron chi connectivity index (χ3n) is 6.44. The maximum Gasteiger partial charge on any atom is 0.243 e. The molecule has 0 aromatic rings. The molecule has 0 aliphatic carbocycles. The molecule has 0 bridgehead atoms. The number of likely N-dealkylation sites (N-methyl/N-ethyl adjacent to an activating group) is 1. The molecule has 0 radical (unpaired) electrons. The lowest BCUT2D eigenvalue weighted by Crippen LogP contribution is -2.52. The van der Waals surface area contributed by atoms with E-state index in [1.54, 1.807) is 0 Å². The van der Waals surface area contributed by atoms with E-state index in [1.807, 2.05) is 41.5 Å². The Hall–Kier alpha value is -1.97. The van der Waals surface area contributed by atoms with E-state index < -0.39 is 43.5 Å². The van der Waals surface area contributed by atoms with Gasteiger partial charge < -0.3 is 31.5 Å². The van der Waals surface area contributed by atoms with Crippen LogP contribution >= 0.6 is 7.37 Å². The molecule has 1 unspecified atom stereocenters. The van der Waals surface area contributed by atoms with Crippen LogP contribution in [0.1, 0.15) is 73.6 Å². The van der Waals surface area contributed by atoms with E-state index in [1.165, 1.54) is 7.05 Å². The van der Waals surface area contributed by atoms with Crippen molar-refractivity contribution in [2.45, 2.75) is 91.8 Å². The largest absolute Gasteiger partial charge is 0.357 e. The minimum atomic E-state index is -3.96. The van der Waals surface area contributed by atoms with Crippen LogP contribution in [0.2, 0.25) is 0 Å². The number of hydrogen-bond acceptors (Lipinski definition) is 6. The molecule has 4 amide bonds. The SMILES string of the molecule is CNC(=O)[C@H](CC(C)C)NC(=O)[C@H](CC(C)C)CP(=O)(O)CNC(=O)[C@H](CC(C)C)NC(=O)[C@H]1CCCN1. The summed E-state index contributed by atoms with van der Waals surface area (Å²) in [6.07, 6.45) is 1.93. The van der Waals surface area contributed by atoms with E-state index in [2.05, 4.69) is 26.6 Å². The summed E-state index contributed by atoms with van der Waals surface area (Å²) in [6.45, 7) is 12.3. The Morgan fingerprint density at radius 1 is 0.868 bits per heavy atom. The van der Waals surface area contributed by atoms with Crippen LogP contribution < -0.4 is 26.6 Å². The fourth-order valence-corrected chi connectivity index (χ4v) is 6.15. The van der Waals surface area contributed by atoms with Gasteiger partial charge in [0.15, 0.2) is 0 Å². The van der Waals surface area contributed by atoms with Crippen molar-refractivity contribution in [1.29, 1.82) is 0 Å². The molecule has 0 spiro atoms. The van der Waals surface area contributed by atoms with E-state index in [0.717, 1.165) is 13.0 Å². The maximum absolute atomic E-state index is 13.1. The molecule has 0 aromatic carbocycles. The van der Waals surface area contributed by atoms with Crippen LogP contribution in [0.4, 0.5) is 0 Å². The summed E-state index contributed by atoms with van der Waals surface area (Å²) in [4.78, 5) is 61.6. The predicted octanol–water partition coefficient (Wildman–Crippen LogP) is 1.55. The Labute approximate surface area is 227 Å². The monoisotopic (exact) mass is 559 g/mol. The lowest BCUT2D eigenvalue weighted by atomic mass is 9.96. The van der Waals surface area contributed by atoms with E-state index in [0.29, 0.717) is 25.7 Å². The Kier molecular flexibility index (Phi) is 14.5. The lowest BCUT2D eigenvalue weighted by Gasteiger charge is -2.26. The van der Waals surface area contributed by atoms with Crippen molar-refractivity contribution in [1.82, 2.24) is 26.6 Å². The second-order valence-corrected chi connectivity index (χ2v) is 14.1. The zero-order valence-electron chi connectivity index (χ0n) is 24.1. The van der Waals surface area contributed by atoms with E-state index >= 15 is 0 Å². The number of nitrogens with one attached hydrogen (secondary N) is 5. The van der Waals surface area contributed by atoms with Crippen LogP contribution in [0, 0.1) is 23.7 Å². The van der Waals surface area contributed by atoms with Crippen molar-refractivity contribution >= 4 is 31.0 Å². The fraction of sp³-hybridized carbons (Fsp3) is 0.846. The van der Waals surface area contributed by atoms with Crippen LogP contribution in [0.25, 0.3) is 0 Å². The first kappa shape index (κ1) is 34.1. The van der Waals surface area contributed by atoms with Crippen molar-refractivity contribution in [3.05, 3.63) is 0 Å². The van der Waals surface area contributed by atoms with Gasteiger partial charge in [-0.2, -0.15) is 0 Å². The number of rotatable bonds is 16. The summed E-state index contributed by atoms with van der Waals surface area (Å²) < 4.78 is 13.1. The molecule has 38 heavy (non-hydrogen) atoms. The third-order valence-corrected chi connectivity index (χ3v) is 8.10. The van der Waals surface area contributed by atoms with Crippen molar-refractivity contribution < 1.29 is 28.6 Å². The summed E-state index contributed by atoms with van der Waals surface area (Å²) in [5, 5.41) is 13.7. The van der Waals surface area contributed by atoms with Gasteiger partial charge in [-0.05, 0) is 56.4 Å². The van der Waals surface area contributed by atoms with Crippen molar-refractivity contribution in [2.75, 3.05) is 26.0 Å². The van der Waals surface area contributed by atoms with Crippen LogP contribution in [-0.2, 0) is 23.7 Å². The molecular weight excluding hydrogens is 509 g/mol. The van der Waals surface area contributed by atoms with Gasteiger partial charge in [-0.3, -0.25) is 23.7 Å². The standard InChI is InChI=1S/C26H50N5O6P/c1-16(2)11-19(23(32)30-21(12-17(3)4)24(33)27-7)14-38(36,37)15-29-25(34)22(13-18(5)6)31-26(35)20-9-8-10-28-20/h16-22,28H,8-15H2,1-7H3,(H,27,33)(H,29,34)(H,30,32)(H,31,35)(H,36,37)/t19-,20-,21+,22+/m1/s1. The highest BCUT2D eigenvalue weighted by Gasteiger charge is 2.34. The number of amides is 4. The van der Waals surface area contributed by atoms with Gasteiger partial charge in [0.1, 0.15) is 12.1 Å². The van der Waals surface area contributed by atoms with Gasteiger partial charge in [-0.15, -0.1) is 0 Å². The summed E-state index contributed by atoms with van der Waals surface area (Å²) in [5.74, 6) is -2.02. The first-order valence-corrected chi connectivity index (χ1v) is 15.8. The highest BCUT2D eigenvalue weighted by Crippen LogP contribution is 2.42. The van der Waals surface area contributed by atoms with Crippen LogP contribution in [0.5, 0.6) is 0 Å². The topological polar surface area (TPSA) is 166 Å². The second kappa shape index (κ2) is 16.2. The molecule has 6 N–H and O–H groups in total. The smallest absolute Gasteiger partial charge is 0.243 e. The predicted molar refractivity (Wildman–Crippen MR) is 149 cm³/mol. The average molecular weight is 560 g/mol. The molecular formula is C26H50N5O6P. The van der Waals surface area contributed by atoms with Crippen molar-refractivity contribution in [3.8, 4) is 0 Å². The Balaban J connectivity index is 2.87. The van der Waals surface area contributed by atoms with Gasteiger partial charge in [-0.25, -0.2) is 0 Å². The van der Waals surface area contributed by atoms with E-state index in [4.69, 9.17) is 0 Å². The first-order valence-electron chi connectivity index (χ1n) is 13.8. The highest BCUT2D eigenvalue weighted by molar-refractivity contribution is 7.58. The Morgan fingerprint density at radius 2 is 1.42 bits per heavy atom. The number of hydrogen-bond donors (Lipinski definition) is 6. The molecule has 1 aliphatic rings. The molecule has 1 aliphatic heterocycles. The zero-order chi connectivity index (χ0) is 29.0. The fourth-order valence-electron chi connectivity index (χ4n) is 4.62. The van der Waals surface area contributed by atoms with Crippen LogP contribution in [-0.4, -0.2) is 72.7 Å². The third kappa shape index (κ3) is 12.7. The molecule has 5 atom stereocenters. The summed E-state index contributed by atoms with van der Waals surface area (Å²) >= 11 is 0. The maximum atomic E-state index is 13.1. The van der Waals surface area contributed by atoms with Crippen LogP contribution in [0.15, 0.2) is 0 Å². The molecule has 11 nitrogen and oxygen atoms in total. The normalized spacial score (nSPS) is 19.5. The minimum absolute atomic E-state index is 0.0683. The lowest BCUT2D eigenvalue weighted by molar-refractivity contribution is -0.131. The second-order valence-electron chi connectivity index (χ2n) is 11.7. The van der Waals surface area contributed by atoms with E-state index in [9.17, 15) is 28.6 Å². The molecule has 0 aromatic heterocycles.